The van der Waals surface area contributed by atoms with Crippen LogP contribution in [0.25, 0.3) is 11.1 Å². The predicted octanol–water partition coefficient (Wildman–Crippen LogP) is 2.40. The van der Waals surface area contributed by atoms with Gasteiger partial charge in [-0.2, -0.15) is 0 Å². The molecule has 1 aliphatic rings. The SMILES string of the molecule is c1ccc2oc([C@H]3CCCN(c4ncncn4)C3)nc2c1. The maximum atomic E-state index is 5.90. The van der Waals surface area contributed by atoms with Gasteiger partial charge in [-0.05, 0) is 25.0 Å². The van der Waals surface area contributed by atoms with E-state index >= 15 is 0 Å². The topological polar surface area (TPSA) is 67.9 Å². The molecule has 1 aromatic carbocycles. The molecule has 6 nitrogen and oxygen atoms in total. The zero-order valence-electron chi connectivity index (χ0n) is 11.5. The van der Waals surface area contributed by atoms with E-state index in [0.29, 0.717) is 0 Å². The van der Waals surface area contributed by atoms with Crippen molar-refractivity contribution in [3.05, 3.63) is 42.8 Å². The molecule has 1 atom stereocenters. The fourth-order valence-electron chi connectivity index (χ4n) is 2.82. The first-order valence-corrected chi connectivity index (χ1v) is 7.12. The van der Waals surface area contributed by atoms with Crippen molar-refractivity contribution in [2.24, 2.45) is 0 Å². The molecule has 0 saturated carbocycles. The lowest BCUT2D eigenvalue weighted by molar-refractivity contribution is 0.411. The summed E-state index contributed by atoms with van der Waals surface area (Å²) in [6.07, 6.45) is 5.22. The molecular weight excluding hydrogens is 266 g/mol. The quantitative estimate of drug-likeness (QED) is 0.718. The maximum Gasteiger partial charge on any atom is 0.228 e. The summed E-state index contributed by atoms with van der Waals surface area (Å²) >= 11 is 0. The van der Waals surface area contributed by atoms with Gasteiger partial charge < -0.3 is 9.32 Å². The Kier molecular flexibility index (Phi) is 2.99. The van der Waals surface area contributed by atoms with Gasteiger partial charge in [-0.3, -0.25) is 0 Å². The summed E-state index contributed by atoms with van der Waals surface area (Å²) in [6, 6.07) is 7.88. The monoisotopic (exact) mass is 281 g/mol. The van der Waals surface area contributed by atoms with E-state index in [2.05, 4.69) is 24.8 Å². The van der Waals surface area contributed by atoms with Crippen LogP contribution in [0.2, 0.25) is 0 Å². The standard InChI is InChI=1S/C15H15N5O/c1-2-6-13-12(5-1)19-14(21-13)11-4-3-7-20(8-11)15-17-9-16-10-18-15/h1-2,5-6,9-11H,3-4,7-8H2/t11-/m0/s1. The van der Waals surface area contributed by atoms with E-state index in [0.717, 1.165) is 48.9 Å². The van der Waals surface area contributed by atoms with Crippen molar-refractivity contribution in [3.63, 3.8) is 0 Å². The van der Waals surface area contributed by atoms with E-state index in [-0.39, 0.29) is 5.92 Å². The van der Waals surface area contributed by atoms with Gasteiger partial charge in [0.2, 0.25) is 5.95 Å². The highest BCUT2D eigenvalue weighted by molar-refractivity contribution is 5.72. The maximum absolute atomic E-state index is 5.90. The third-order valence-electron chi connectivity index (χ3n) is 3.84. The molecule has 0 unspecified atom stereocenters. The number of hydrogen-bond acceptors (Lipinski definition) is 6. The highest BCUT2D eigenvalue weighted by atomic mass is 16.3. The highest BCUT2D eigenvalue weighted by Gasteiger charge is 2.26. The number of aromatic nitrogens is 4. The van der Waals surface area contributed by atoms with Crippen LogP contribution < -0.4 is 4.90 Å². The number of rotatable bonds is 2. The fourth-order valence-corrected chi connectivity index (χ4v) is 2.82. The summed E-state index contributed by atoms with van der Waals surface area (Å²) in [5.74, 6) is 1.82. The average Bonchev–Trinajstić information content (AvgIpc) is 3.00. The average molecular weight is 281 g/mol. The van der Waals surface area contributed by atoms with Crippen LogP contribution in [0.5, 0.6) is 0 Å². The highest BCUT2D eigenvalue weighted by Crippen LogP contribution is 2.29. The minimum Gasteiger partial charge on any atom is -0.440 e. The van der Waals surface area contributed by atoms with Gasteiger partial charge in [0.15, 0.2) is 11.5 Å². The fraction of sp³-hybridized carbons (Fsp3) is 0.333. The number of oxazole rings is 1. The van der Waals surface area contributed by atoms with Gasteiger partial charge in [-0.1, -0.05) is 12.1 Å². The summed E-state index contributed by atoms with van der Waals surface area (Å²) in [4.78, 5) is 19.1. The molecule has 6 heteroatoms. The van der Waals surface area contributed by atoms with E-state index in [9.17, 15) is 0 Å². The molecule has 3 aromatic rings. The molecule has 0 N–H and O–H groups in total. The Morgan fingerprint density at radius 1 is 1.14 bits per heavy atom. The third kappa shape index (κ3) is 2.33. The summed E-state index contributed by atoms with van der Waals surface area (Å²) in [6.45, 7) is 1.79. The lowest BCUT2D eigenvalue weighted by Gasteiger charge is -2.30. The second-order valence-corrected chi connectivity index (χ2v) is 5.24. The van der Waals surface area contributed by atoms with Crippen LogP contribution >= 0.6 is 0 Å². The van der Waals surface area contributed by atoms with Crippen molar-refractivity contribution in [2.45, 2.75) is 18.8 Å². The molecule has 106 valence electrons. The van der Waals surface area contributed by atoms with Crippen molar-refractivity contribution < 1.29 is 4.42 Å². The van der Waals surface area contributed by atoms with E-state index in [1.807, 2.05) is 24.3 Å². The van der Waals surface area contributed by atoms with Gasteiger partial charge in [-0.15, -0.1) is 0 Å². The Bertz CT molecular complexity index is 709. The minimum absolute atomic E-state index is 0.280. The van der Waals surface area contributed by atoms with Crippen molar-refractivity contribution in [1.29, 1.82) is 0 Å². The number of piperidine rings is 1. The van der Waals surface area contributed by atoms with Gasteiger partial charge in [-0.25, -0.2) is 19.9 Å². The first kappa shape index (κ1) is 12.3. The number of para-hydroxylation sites is 2. The van der Waals surface area contributed by atoms with Crippen LogP contribution in [-0.4, -0.2) is 33.0 Å². The summed E-state index contributed by atoms with van der Waals surface area (Å²) < 4.78 is 5.90. The van der Waals surface area contributed by atoms with Gasteiger partial charge >= 0.3 is 0 Å². The Morgan fingerprint density at radius 3 is 2.86 bits per heavy atom. The zero-order chi connectivity index (χ0) is 14.1. The minimum atomic E-state index is 0.280. The van der Waals surface area contributed by atoms with Crippen LogP contribution in [0.3, 0.4) is 0 Å². The molecule has 0 bridgehead atoms. The van der Waals surface area contributed by atoms with Crippen LogP contribution in [0.1, 0.15) is 24.7 Å². The summed E-state index contributed by atoms with van der Waals surface area (Å²) in [5.41, 5.74) is 1.77. The Morgan fingerprint density at radius 2 is 2.00 bits per heavy atom. The second kappa shape index (κ2) is 5.12. The lowest BCUT2D eigenvalue weighted by atomic mass is 9.98. The van der Waals surface area contributed by atoms with Crippen molar-refractivity contribution in [1.82, 2.24) is 19.9 Å². The van der Waals surface area contributed by atoms with Crippen LogP contribution in [0.4, 0.5) is 5.95 Å². The van der Waals surface area contributed by atoms with E-state index in [4.69, 9.17) is 4.42 Å². The van der Waals surface area contributed by atoms with Crippen molar-refractivity contribution >= 4 is 17.0 Å². The Hall–Kier alpha value is -2.50. The molecule has 4 rings (SSSR count). The normalized spacial score (nSPS) is 19.0. The van der Waals surface area contributed by atoms with Crippen molar-refractivity contribution in [3.8, 4) is 0 Å². The molecule has 2 aromatic heterocycles. The van der Waals surface area contributed by atoms with Gasteiger partial charge in [0, 0.05) is 13.1 Å². The molecule has 0 aliphatic carbocycles. The molecule has 1 fully saturated rings. The van der Waals surface area contributed by atoms with Gasteiger partial charge in [0.1, 0.15) is 18.2 Å². The lowest BCUT2D eigenvalue weighted by Crippen LogP contribution is -2.35. The number of fused-ring (bicyclic) bond motifs is 1. The Labute approximate surface area is 121 Å². The second-order valence-electron chi connectivity index (χ2n) is 5.24. The third-order valence-corrected chi connectivity index (χ3v) is 3.84. The zero-order valence-corrected chi connectivity index (χ0v) is 11.5. The molecule has 0 spiro atoms. The van der Waals surface area contributed by atoms with Crippen LogP contribution in [0, 0.1) is 0 Å². The number of nitrogens with zero attached hydrogens (tertiary/aromatic N) is 5. The molecule has 21 heavy (non-hydrogen) atoms. The van der Waals surface area contributed by atoms with Gasteiger partial charge in [0.05, 0.1) is 5.92 Å². The van der Waals surface area contributed by atoms with Crippen LogP contribution in [-0.2, 0) is 0 Å². The smallest absolute Gasteiger partial charge is 0.228 e. The molecule has 0 radical (unpaired) electrons. The molecule has 1 aliphatic heterocycles. The number of hydrogen-bond donors (Lipinski definition) is 0. The molecule has 3 heterocycles. The first-order chi connectivity index (χ1) is 10.4. The first-order valence-electron chi connectivity index (χ1n) is 7.12. The molecule has 1 saturated heterocycles. The van der Waals surface area contributed by atoms with E-state index in [1.165, 1.54) is 12.7 Å². The number of anilines is 1. The van der Waals surface area contributed by atoms with Crippen LogP contribution in [0.15, 0.2) is 41.3 Å². The number of benzene rings is 1. The van der Waals surface area contributed by atoms with E-state index < -0.39 is 0 Å². The van der Waals surface area contributed by atoms with Gasteiger partial charge in [0.25, 0.3) is 0 Å². The molecule has 0 amide bonds. The van der Waals surface area contributed by atoms with E-state index in [1.54, 1.807) is 0 Å². The van der Waals surface area contributed by atoms with Crippen molar-refractivity contribution in [2.75, 3.05) is 18.0 Å². The largest absolute Gasteiger partial charge is 0.440 e. The Balaban J connectivity index is 1.60. The predicted molar refractivity (Wildman–Crippen MR) is 78.0 cm³/mol. The summed E-state index contributed by atoms with van der Waals surface area (Å²) in [5, 5.41) is 0. The molecular formula is C15H15N5O. The summed E-state index contributed by atoms with van der Waals surface area (Å²) in [7, 11) is 0.